The largest absolute Gasteiger partial charge is 0.506 e. The minimum absolute atomic E-state index is 0.0951. The van der Waals surface area contributed by atoms with E-state index in [4.69, 9.17) is 0 Å². The first-order valence-corrected chi connectivity index (χ1v) is 9.38. The summed E-state index contributed by atoms with van der Waals surface area (Å²) in [7, 11) is 0. The fourth-order valence-electron chi connectivity index (χ4n) is 2.86. The van der Waals surface area contributed by atoms with Crippen molar-refractivity contribution in [3.8, 4) is 6.07 Å². The van der Waals surface area contributed by atoms with Crippen LogP contribution in [-0.2, 0) is 0 Å². The number of rotatable bonds is 4. The Morgan fingerprint density at radius 2 is 1.46 bits per heavy atom. The van der Waals surface area contributed by atoms with Gasteiger partial charge in [0.15, 0.2) is 5.78 Å². The zero-order valence-corrected chi connectivity index (χ0v) is 15.5. The number of allylic oxidation sites excluding steroid dienone is 1. The van der Waals surface area contributed by atoms with Gasteiger partial charge in [-0.25, -0.2) is 4.98 Å². The monoisotopic (exact) mass is 382 g/mol. The minimum atomic E-state index is -0.153. The third-order valence-electron chi connectivity index (χ3n) is 4.31. The van der Waals surface area contributed by atoms with Crippen molar-refractivity contribution in [3.05, 3.63) is 101 Å². The van der Waals surface area contributed by atoms with Gasteiger partial charge < -0.3 is 5.11 Å². The smallest absolute Gasteiger partial charge is 0.193 e. The number of thiazole rings is 1. The van der Waals surface area contributed by atoms with Gasteiger partial charge in [0.1, 0.15) is 22.4 Å². The number of ketones is 1. The molecule has 1 aromatic heterocycles. The van der Waals surface area contributed by atoms with E-state index in [-0.39, 0.29) is 17.1 Å². The molecule has 0 bridgehead atoms. The second-order valence-corrected chi connectivity index (χ2v) is 7.13. The lowest BCUT2D eigenvalue weighted by molar-refractivity contribution is 0.103. The number of aliphatic hydroxyl groups excluding tert-OH is 1. The number of carbonyl (C=O) groups excluding carboxylic acids is 1. The zero-order valence-electron chi connectivity index (χ0n) is 14.7. The number of nitrogens with zero attached hydrogens (tertiary/aromatic N) is 2. The molecular weight excluding hydrogens is 368 g/mol. The highest BCUT2D eigenvalue weighted by atomic mass is 32.1. The summed E-state index contributed by atoms with van der Waals surface area (Å²) in [6.45, 7) is 0. The molecule has 1 heterocycles. The molecule has 0 aliphatic carbocycles. The Kier molecular flexibility index (Phi) is 4.71. The van der Waals surface area contributed by atoms with Crippen molar-refractivity contribution in [2.24, 2.45) is 0 Å². The Bertz CT molecular complexity index is 1200. The van der Waals surface area contributed by atoms with Crippen LogP contribution in [0.15, 0.2) is 78.9 Å². The average Bonchev–Trinajstić information content (AvgIpc) is 3.18. The number of aliphatic hydroxyl groups is 1. The Hall–Kier alpha value is -3.75. The molecule has 28 heavy (non-hydrogen) atoms. The maximum atomic E-state index is 12.5. The van der Waals surface area contributed by atoms with Crippen molar-refractivity contribution in [1.29, 1.82) is 5.26 Å². The molecule has 1 N–H and O–H groups in total. The molecule has 134 valence electrons. The number of hydrogen-bond donors (Lipinski definition) is 1. The van der Waals surface area contributed by atoms with Gasteiger partial charge in [-0.1, -0.05) is 66.7 Å². The third-order valence-corrected chi connectivity index (χ3v) is 5.37. The van der Waals surface area contributed by atoms with Crippen molar-refractivity contribution in [1.82, 2.24) is 4.98 Å². The Morgan fingerprint density at radius 3 is 2.14 bits per heavy atom. The fraction of sp³-hybridized carbons (Fsp3) is 0. The van der Waals surface area contributed by atoms with Crippen molar-refractivity contribution in [2.75, 3.05) is 0 Å². The highest BCUT2D eigenvalue weighted by molar-refractivity contribution is 7.19. The van der Waals surface area contributed by atoms with Crippen LogP contribution < -0.4 is 0 Å². The first kappa shape index (κ1) is 17.7. The molecule has 0 saturated heterocycles. The molecule has 0 fully saturated rings. The van der Waals surface area contributed by atoms with Crippen molar-refractivity contribution < 1.29 is 9.90 Å². The number of nitriles is 1. The number of benzene rings is 3. The average molecular weight is 382 g/mol. The van der Waals surface area contributed by atoms with Gasteiger partial charge in [-0.2, -0.15) is 5.26 Å². The van der Waals surface area contributed by atoms with Gasteiger partial charge >= 0.3 is 0 Å². The van der Waals surface area contributed by atoms with Crippen molar-refractivity contribution in [3.63, 3.8) is 0 Å². The maximum absolute atomic E-state index is 12.5. The highest BCUT2D eigenvalue weighted by Crippen LogP contribution is 2.31. The SMILES string of the molecule is N#C/C(=C(\O)c1ccc(C(=O)c2ccccc2)cc1)c1nc2ccccc2s1. The van der Waals surface area contributed by atoms with Crippen LogP contribution in [0.3, 0.4) is 0 Å². The topological polar surface area (TPSA) is 74.0 Å². The van der Waals surface area contributed by atoms with Crippen molar-refractivity contribution in [2.45, 2.75) is 0 Å². The molecule has 4 rings (SSSR count). The van der Waals surface area contributed by atoms with E-state index in [0.717, 1.165) is 10.2 Å². The number of aromatic nitrogens is 1. The molecule has 5 heteroatoms. The molecule has 0 unspecified atom stereocenters. The summed E-state index contributed by atoms with van der Waals surface area (Å²) in [5.74, 6) is -0.248. The Labute approximate surface area is 165 Å². The minimum Gasteiger partial charge on any atom is -0.506 e. The number of hydrogen-bond acceptors (Lipinski definition) is 5. The van der Waals surface area contributed by atoms with Crippen LogP contribution in [0.1, 0.15) is 26.5 Å². The lowest BCUT2D eigenvalue weighted by atomic mass is 10.0. The van der Waals surface area contributed by atoms with Crippen molar-refractivity contribution >= 4 is 38.7 Å². The summed E-state index contributed by atoms with van der Waals surface area (Å²) < 4.78 is 0.946. The van der Waals surface area contributed by atoms with Crippen LogP contribution >= 0.6 is 11.3 Å². The van der Waals surface area contributed by atoms with Crippen LogP contribution in [-0.4, -0.2) is 15.9 Å². The molecule has 0 atom stereocenters. The van der Waals surface area contributed by atoms with Crippen LogP contribution in [0.25, 0.3) is 21.5 Å². The van der Waals surface area contributed by atoms with E-state index in [0.29, 0.717) is 21.7 Å². The lowest BCUT2D eigenvalue weighted by Gasteiger charge is -2.05. The molecular formula is C23H14N2O2S. The lowest BCUT2D eigenvalue weighted by Crippen LogP contribution is -2.01. The standard InChI is InChI=1S/C23H14N2O2S/c24-14-18(23-25-19-8-4-5-9-20(19)28-23)22(27)17-12-10-16(11-13-17)21(26)15-6-2-1-3-7-15/h1-13,27H/b22-18+. The van der Waals surface area contributed by atoms with Crippen LogP contribution in [0.5, 0.6) is 0 Å². The molecule has 4 nitrogen and oxygen atoms in total. The van der Waals surface area contributed by atoms with Crippen LogP contribution in [0.2, 0.25) is 0 Å². The summed E-state index contributed by atoms with van der Waals surface area (Å²) in [4.78, 5) is 16.9. The summed E-state index contributed by atoms with van der Waals surface area (Å²) in [6.07, 6.45) is 0. The van der Waals surface area contributed by atoms with Gasteiger partial charge in [-0.05, 0) is 12.1 Å². The Morgan fingerprint density at radius 1 is 0.857 bits per heavy atom. The van der Waals surface area contributed by atoms with E-state index < -0.39 is 0 Å². The van der Waals surface area contributed by atoms with Gasteiger partial charge in [0.2, 0.25) is 0 Å². The van der Waals surface area contributed by atoms with Gasteiger partial charge in [0, 0.05) is 16.7 Å². The molecule has 0 aliphatic heterocycles. The second-order valence-electron chi connectivity index (χ2n) is 6.09. The van der Waals surface area contributed by atoms with Crippen LogP contribution in [0, 0.1) is 11.3 Å². The maximum Gasteiger partial charge on any atom is 0.193 e. The van der Waals surface area contributed by atoms with E-state index in [1.54, 1.807) is 36.4 Å². The summed E-state index contributed by atoms with van der Waals surface area (Å²) in [6, 6.07) is 25.2. The predicted octanol–water partition coefficient (Wildman–Crippen LogP) is 5.48. The molecule has 0 radical (unpaired) electrons. The highest BCUT2D eigenvalue weighted by Gasteiger charge is 2.16. The van der Waals surface area contributed by atoms with E-state index >= 15 is 0 Å². The first-order chi connectivity index (χ1) is 13.7. The molecule has 0 amide bonds. The molecule has 0 aliphatic rings. The number of fused-ring (bicyclic) bond motifs is 1. The van der Waals surface area contributed by atoms with Crippen LogP contribution in [0.4, 0.5) is 0 Å². The third kappa shape index (κ3) is 3.29. The second kappa shape index (κ2) is 7.47. The van der Waals surface area contributed by atoms with E-state index in [9.17, 15) is 15.2 Å². The summed E-state index contributed by atoms with van der Waals surface area (Å²) >= 11 is 1.35. The van der Waals surface area contributed by atoms with E-state index in [2.05, 4.69) is 11.1 Å². The molecule has 0 spiro atoms. The number of para-hydroxylation sites is 1. The van der Waals surface area contributed by atoms with Gasteiger partial charge in [-0.3, -0.25) is 4.79 Å². The zero-order chi connectivity index (χ0) is 19.5. The van der Waals surface area contributed by atoms with E-state index in [1.165, 1.54) is 11.3 Å². The fourth-order valence-corrected chi connectivity index (χ4v) is 3.82. The normalized spacial score (nSPS) is 11.7. The van der Waals surface area contributed by atoms with E-state index in [1.807, 2.05) is 42.5 Å². The van der Waals surface area contributed by atoms with Gasteiger partial charge in [0.25, 0.3) is 0 Å². The van der Waals surface area contributed by atoms with Gasteiger partial charge in [-0.15, -0.1) is 11.3 Å². The summed E-state index contributed by atoms with van der Waals surface area (Å²) in [5, 5.41) is 20.7. The van der Waals surface area contributed by atoms with Gasteiger partial charge in [0.05, 0.1) is 10.2 Å². The molecule has 4 aromatic rings. The quantitative estimate of drug-likeness (QED) is 0.288. The molecule has 3 aromatic carbocycles. The number of carbonyl (C=O) groups is 1. The molecule has 0 saturated carbocycles. The summed E-state index contributed by atoms with van der Waals surface area (Å²) in [5.41, 5.74) is 2.47. The first-order valence-electron chi connectivity index (χ1n) is 8.57. The Balaban J connectivity index is 1.69. The predicted molar refractivity (Wildman–Crippen MR) is 111 cm³/mol.